The summed E-state index contributed by atoms with van der Waals surface area (Å²) in [5, 5.41) is 0. The maximum Gasteiger partial charge on any atom is 0.202 e. The Labute approximate surface area is 70.0 Å². The summed E-state index contributed by atoms with van der Waals surface area (Å²) < 4.78 is 22.3. The third kappa shape index (κ3) is 1.29. The molecule has 1 aliphatic carbocycles. The molecule has 0 aromatic heterocycles. The van der Waals surface area contributed by atoms with Crippen molar-refractivity contribution < 1.29 is 8.42 Å². The topological polar surface area (TPSA) is 60.2 Å². The first-order chi connectivity index (χ1) is 5.04. The Hall–Kier alpha value is 0.260. The van der Waals surface area contributed by atoms with Crippen LogP contribution in [0.1, 0.15) is 12.8 Å². The predicted octanol–water partition coefficient (Wildman–Crippen LogP) is 0.170. The molecule has 1 aliphatic heterocycles. The summed E-state index contributed by atoms with van der Waals surface area (Å²) in [5.41, 5.74) is 5.80. The number of nitrogens with two attached hydrogens (primary N) is 1. The highest BCUT2D eigenvalue weighted by Gasteiger charge is 2.53. The lowest BCUT2D eigenvalue weighted by Gasteiger charge is -2.27. The van der Waals surface area contributed by atoms with Crippen LogP contribution in [0.25, 0.3) is 0 Å². The number of hydrogen-bond acceptors (Lipinski definition) is 4. The van der Waals surface area contributed by atoms with Crippen LogP contribution in [-0.4, -0.2) is 26.0 Å². The molecule has 0 radical (unpaired) electrons. The van der Waals surface area contributed by atoms with E-state index in [0.29, 0.717) is 11.5 Å². The lowest BCUT2D eigenvalue weighted by Crippen LogP contribution is -2.42. The van der Waals surface area contributed by atoms with Crippen molar-refractivity contribution in [3.05, 3.63) is 0 Å². The van der Waals surface area contributed by atoms with Gasteiger partial charge in [0.15, 0.2) is 0 Å². The molecular weight excluding hydrogens is 182 g/mol. The third-order valence-electron chi connectivity index (χ3n) is 2.57. The summed E-state index contributed by atoms with van der Waals surface area (Å²) >= 11 is 0. The van der Waals surface area contributed by atoms with E-state index in [1.807, 2.05) is 0 Å². The minimum atomic E-state index is -2.82. The van der Waals surface area contributed by atoms with Crippen molar-refractivity contribution in [3.8, 4) is 0 Å². The molecule has 0 aromatic carbocycles. The molecule has 5 heteroatoms. The van der Waals surface area contributed by atoms with Crippen LogP contribution in [0, 0.1) is 5.41 Å². The summed E-state index contributed by atoms with van der Waals surface area (Å²) in [6, 6.07) is 0.107. The van der Waals surface area contributed by atoms with Crippen molar-refractivity contribution in [1.82, 2.24) is 0 Å². The van der Waals surface area contributed by atoms with Crippen molar-refractivity contribution >= 4 is 19.7 Å². The zero-order valence-corrected chi connectivity index (χ0v) is 7.75. The van der Waals surface area contributed by atoms with Crippen LogP contribution in [0.4, 0.5) is 0 Å². The first-order valence-electron chi connectivity index (χ1n) is 3.67. The summed E-state index contributed by atoms with van der Waals surface area (Å²) in [5.74, 6) is 0.897. The summed E-state index contributed by atoms with van der Waals surface area (Å²) in [7, 11) is -1.81. The molecule has 0 unspecified atom stereocenters. The van der Waals surface area contributed by atoms with E-state index in [1.165, 1.54) is 0 Å². The molecule has 0 aromatic rings. The normalized spacial score (nSPS) is 38.8. The van der Waals surface area contributed by atoms with Gasteiger partial charge in [0, 0.05) is 17.2 Å². The van der Waals surface area contributed by atoms with Gasteiger partial charge in [0.05, 0.1) is 5.75 Å². The summed E-state index contributed by atoms with van der Waals surface area (Å²) in [4.78, 5) is 0. The largest absolute Gasteiger partial charge is 0.326 e. The lowest BCUT2D eigenvalue weighted by molar-refractivity contribution is 0.463. The van der Waals surface area contributed by atoms with Crippen molar-refractivity contribution in [1.29, 1.82) is 0 Å². The first-order valence-corrected chi connectivity index (χ1v) is 6.82. The number of hydrogen-bond donors (Lipinski definition) is 1. The van der Waals surface area contributed by atoms with Gasteiger partial charge < -0.3 is 5.73 Å². The third-order valence-corrected chi connectivity index (χ3v) is 6.19. The van der Waals surface area contributed by atoms with Crippen molar-refractivity contribution in [2.75, 3.05) is 11.5 Å². The van der Waals surface area contributed by atoms with Gasteiger partial charge in [-0.05, 0) is 23.6 Å². The highest BCUT2D eigenvalue weighted by molar-refractivity contribution is 8.72. The van der Waals surface area contributed by atoms with Crippen LogP contribution < -0.4 is 5.73 Å². The molecule has 0 amide bonds. The van der Waals surface area contributed by atoms with Crippen LogP contribution in [-0.2, 0) is 8.87 Å². The molecular formula is C6H11NO2S2. The van der Waals surface area contributed by atoms with Gasteiger partial charge in [-0.25, -0.2) is 8.42 Å². The Morgan fingerprint density at radius 1 is 1.45 bits per heavy atom. The highest BCUT2D eigenvalue weighted by Crippen LogP contribution is 2.53. The Kier molecular flexibility index (Phi) is 1.54. The van der Waals surface area contributed by atoms with Gasteiger partial charge in [0.2, 0.25) is 8.87 Å². The molecule has 0 bridgehead atoms. The van der Waals surface area contributed by atoms with Crippen molar-refractivity contribution in [2.24, 2.45) is 11.1 Å². The Balaban J connectivity index is 2.22. The van der Waals surface area contributed by atoms with Gasteiger partial charge in [-0.2, -0.15) is 0 Å². The fourth-order valence-corrected chi connectivity index (χ4v) is 5.54. The molecule has 1 spiro atoms. The van der Waals surface area contributed by atoms with Gasteiger partial charge in [0.1, 0.15) is 0 Å². The van der Waals surface area contributed by atoms with E-state index in [0.717, 1.165) is 23.6 Å². The molecule has 1 atom stereocenters. The fourth-order valence-electron chi connectivity index (χ4n) is 1.53. The predicted molar refractivity (Wildman–Crippen MR) is 45.9 cm³/mol. The van der Waals surface area contributed by atoms with Crippen LogP contribution in [0.15, 0.2) is 0 Å². The average Bonchev–Trinajstić information content (AvgIpc) is 2.61. The van der Waals surface area contributed by atoms with Crippen molar-refractivity contribution in [2.45, 2.75) is 18.9 Å². The second kappa shape index (κ2) is 2.14. The molecule has 2 fully saturated rings. The standard InChI is InChI=1S/C6H11NO2S2/c7-5-3-10-11(8,9)4-6(5)1-2-6/h5H,1-4,7H2/t5-/m1/s1. The fraction of sp³-hybridized carbons (Fsp3) is 1.00. The maximum absolute atomic E-state index is 11.2. The second-order valence-corrected chi connectivity index (χ2v) is 7.66. The lowest BCUT2D eigenvalue weighted by atomic mass is 10.0. The molecule has 1 saturated heterocycles. The van der Waals surface area contributed by atoms with E-state index in [9.17, 15) is 8.42 Å². The monoisotopic (exact) mass is 193 g/mol. The van der Waals surface area contributed by atoms with Gasteiger partial charge in [-0.1, -0.05) is 0 Å². The quantitative estimate of drug-likeness (QED) is 0.557. The summed E-state index contributed by atoms with van der Waals surface area (Å²) in [6.07, 6.45) is 2.02. The maximum atomic E-state index is 11.2. The Morgan fingerprint density at radius 3 is 2.55 bits per heavy atom. The van der Waals surface area contributed by atoms with Crippen molar-refractivity contribution in [3.63, 3.8) is 0 Å². The molecule has 64 valence electrons. The van der Waals surface area contributed by atoms with E-state index >= 15 is 0 Å². The molecule has 1 saturated carbocycles. The highest BCUT2D eigenvalue weighted by atomic mass is 33.1. The first kappa shape index (κ1) is 7.89. The second-order valence-electron chi connectivity index (χ2n) is 3.46. The van der Waals surface area contributed by atoms with Crippen LogP contribution >= 0.6 is 10.8 Å². The van der Waals surface area contributed by atoms with Crippen LogP contribution in [0.3, 0.4) is 0 Å². The average molecular weight is 193 g/mol. The molecule has 2 N–H and O–H groups in total. The van der Waals surface area contributed by atoms with E-state index in [-0.39, 0.29) is 11.5 Å². The van der Waals surface area contributed by atoms with E-state index < -0.39 is 8.87 Å². The van der Waals surface area contributed by atoms with E-state index in [4.69, 9.17) is 5.73 Å². The number of rotatable bonds is 0. The van der Waals surface area contributed by atoms with E-state index in [2.05, 4.69) is 0 Å². The Morgan fingerprint density at radius 2 is 2.09 bits per heavy atom. The molecule has 11 heavy (non-hydrogen) atoms. The molecule has 2 rings (SSSR count). The van der Waals surface area contributed by atoms with Gasteiger partial charge in [-0.15, -0.1) is 0 Å². The van der Waals surface area contributed by atoms with Crippen LogP contribution in [0.5, 0.6) is 0 Å². The SMILES string of the molecule is N[C@@H]1CSS(=O)(=O)CC12CC2. The van der Waals surface area contributed by atoms with Gasteiger partial charge >= 0.3 is 0 Å². The molecule has 3 nitrogen and oxygen atoms in total. The van der Waals surface area contributed by atoms with Gasteiger partial charge in [0.25, 0.3) is 0 Å². The van der Waals surface area contributed by atoms with Gasteiger partial charge in [-0.3, -0.25) is 0 Å². The smallest absolute Gasteiger partial charge is 0.202 e. The molecule has 1 heterocycles. The zero-order chi connectivity index (χ0) is 8.11. The molecule has 2 aliphatic rings. The Bertz CT molecular complexity index is 268. The van der Waals surface area contributed by atoms with E-state index in [1.54, 1.807) is 0 Å². The minimum Gasteiger partial charge on any atom is -0.326 e. The minimum absolute atomic E-state index is 0.00984. The van der Waals surface area contributed by atoms with Crippen LogP contribution in [0.2, 0.25) is 0 Å². The zero-order valence-electron chi connectivity index (χ0n) is 6.12. The summed E-state index contributed by atoms with van der Waals surface area (Å²) in [6.45, 7) is 0.